The van der Waals surface area contributed by atoms with Gasteiger partial charge < -0.3 is 10.6 Å². The zero-order valence-electron chi connectivity index (χ0n) is 20.0. The molecule has 2 N–H and O–H groups in total. The van der Waals surface area contributed by atoms with Crippen LogP contribution in [-0.2, 0) is 12.7 Å². The number of nitrogens with one attached hydrogen (secondary N) is 2. The van der Waals surface area contributed by atoms with Crippen LogP contribution in [0, 0.1) is 5.92 Å². The third kappa shape index (κ3) is 5.45. The van der Waals surface area contributed by atoms with Gasteiger partial charge in [-0.15, -0.1) is 0 Å². The topological polar surface area (TPSA) is 71.8 Å². The van der Waals surface area contributed by atoms with Crippen LogP contribution in [0.15, 0.2) is 30.5 Å². The molecule has 36 heavy (non-hydrogen) atoms. The Morgan fingerprint density at radius 3 is 2.69 bits per heavy atom. The molecule has 0 spiro atoms. The fourth-order valence-electron chi connectivity index (χ4n) is 5.05. The van der Waals surface area contributed by atoms with E-state index in [-0.39, 0.29) is 23.0 Å². The summed E-state index contributed by atoms with van der Waals surface area (Å²) in [6.07, 6.45) is 2.80. The Bertz CT molecular complexity index is 1270. The molecule has 2 saturated carbocycles. The summed E-state index contributed by atoms with van der Waals surface area (Å²) in [5, 5.41) is 11.4. The first-order valence-corrected chi connectivity index (χ1v) is 12.9. The molecule has 0 bridgehead atoms. The number of aryl methyl sites for hydroxylation is 1. The van der Waals surface area contributed by atoms with E-state index in [1.54, 1.807) is 16.9 Å². The van der Waals surface area contributed by atoms with Crippen LogP contribution in [0.4, 0.5) is 18.9 Å². The van der Waals surface area contributed by atoms with Crippen LogP contribution in [0.25, 0.3) is 10.9 Å². The number of rotatable bonds is 7. The molecule has 0 aliphatic heterocycles. The van der Waals surface area contributed by atoms with Crippen molar-refractivity contribution in [1.29, 1.82) is 0 Å². The van der Waals surface area contributed by atoms with E-state index >= 15 is 0 Å². The van der Waals surface area contributed by atoms with Crippen LogP contribution >= 0.6 is 11.6 Å². The van der Waals surface area contributed by atoms with Crippen LogP contribution in [-0.4, -0.2) is 33.3 Å². The van der Waals surface area contributed by atoms with Gasteiger partial charge in [-0.05, 0) is 74.6 Å². The van der Waals surface area contributed by atoms with Crippen LogP contribution in [0.5, 0.6) is 0 Å². The van der Waals surface area contributed by atoms with Crippen LogP contribution < -0.4 is 10.6 Å². The lowest BCUT2D eigenvalue weighted by atomic mass is 9.85. The highest BCUT2D eigenvalue weighted by molar-refractivity contribution is 6.32. The third-order valence-corrected chi connectivity index (χ3v) is 7.43. The Labute approximate surface area is 212 Å². The van der Waals surface area contributed by atoms with Crippen LogP contribution in [0.3, 0.4) is 0 Å². The molecule has 2 atom stereocenters. The van der Waals surface area contributed by atoms with Crippen LogP contribution in [0.2, 0.25) is 5.15 Å². The Balaban J connectivity index is 1.30. The predicted molar refractivity (Wildman–Crippen MR) is 133 cm³/mol. The minimum atomic E-state index is -4.52. The Morgan fingerprint density at radius 2 is 2.00 bits per heavy atom. The van der Waals surface area contributed by atoms with Gasteiger partial charge in [0.1, 0.15) is 5.69 Å². The van der Waals surface area contributed by atoms with E-state index in [0.29, 0.717) is 35.8 Å². The van der Waals surface area contributed by atoms with Crippen molar-refractivity contribution in [3.05, 3.63) is 52.4 Å². The molecule has 6 nitrogen and oxygen atoms in total. The SMILES string of the molecule is CCn1cc(C(=O)NCC2CCC[C@H](Nc3cc(C(F)(F)F)nc4ccc(C5CC5)cc34)C2)c(Cl)n1. The molecule has 0 saturated heterocycles. The molecule has 5 rings (SSSR count). The first kappa shape index (κ1) is 24.9. The number of aromatic nitrogens is 3. The first-order valence-electron chi connectivity index (χ1n) is 12.5. The number of alkyl halides is 3. The third-order valence-electron chi connectivity index (χ3n) is 7.15. The van der Waals surface area contributed by atoms with Gasteiger partial charge in [-0.1, -0.05) is 24.1 Å². The molecule has 2 aliphatic carbocycles. The van der Waals surface area contributed by atoms with E-state index in [0.717, 1.165) is 55.5 Å². The van der Waals surface area contributed by atoms with E-state index in [4.69, 9.17) is 11.6 Å². The van der Waals surface area contributed by atoms with Gasteiger partial charge in [0, 0.05) is 36.4 Å². The highest BCUT2D eigenvalue weighted by Crippen LogP contribution is 2.42. The maximum absolute atomic E-state index is 13.6. The number of carbonyl (C=O) groups excluding carboxylic acids is 1. The molecule has 2 fully saturated rings. The monoisotopic (exact) mass is 519 g/mol. The van der Waals surface area contributed by atoms with Crippen molar-refractivity contribution in [2.75, 3.05) is 11.9 Å². The number of anilines is 1. The molecule has 1 unspecified atom stereocenters. The van der Waals surface area contributed by atoms with Crippen molar-refractivity contribution in [2.24, 2.45) is 5.92 Å². The standard InChI is InChI=1S/C26H29ClF3N5O/c1-2-35-14-20(24(27)34-35)25(36)31-13-15-4-3-5-18(10-15)32-22-12-23(26(28,29)30)33-21-9-8-17(11-19(21)22)16-6-7-16/h8-9,11-12,14-16,18H,2-7,10,13H2,1H3,(H,31,36)(H,32,33)/t15?,18-/m0/s1. The van der Waals surface area contributed by atoms with Crippen molar-refractivity contribution in [1.82, 2.24) is 20.1 Å². The van der Waals surface area contributed by atoms with Crippen LogP contribution in [0.1, 0.15) is 73.0 Å². The number of hydrogen-bond donors (Lipinski definition) is 2. The minimum Gasteiger partial charge on any atom is -0.382 e. The zero-order chi connectivity index (χ0) is 25.4. The van der Waals surface area contributed by atoms with Gasteiger partial charge in [0.05, 0.1) is 11.1 Å². The number of amides is 1. The number of halogens is 4. The summed E-state index contributed by atoms with van der Waals surface area (Å²) in [6.45, 7) is 3.00. The molecule has 2 heterocycles. The van der Waals surface area contributed by atoms with E-state index < -0.39 is 11.9 Å². The highest BCUT2D eigenvalue weighted by atomic mass is 35.5. The average Bonchev–Trinajstić information content (AvgIpc) is 3.63. The lowest BCUT2D eigenvalue weighted by molar-refractivity contribution is -0.140. The van der Waals surface area contributed by atoms with E-state index in [9.17, 15) is 18.0 Å². The second kappa shape index (κ2) is 9.92. The van der Waals surface area contributed by atoms with Gasteiger partial charge in [0.2, 0.25) is 0 Å². The largest absolute Gasteiger partial charge is 0.433 e. The molecule has 2 aromatic heterocycles. The summed E-state index contributed by atoms with van der Waals surface area (Å²) in [7, 11) is 0. The molecule has 192 valence electrons. The molecule has 10 heteroatoms. The number of carbonyl (C=O) groups is 1. The zero-order valence-corrected chi connectivity index (χ0v) is 20.8. The fraction of sp³-hybridized carbons (Fsp3) is 0.500. The predicted octanol–water partition coefficient (Wildman–Crippen LogP) is 6.40. The van der Waals surface area contributed by atoms with Crippen molar-refractivity contribution in [3.63, 3.8) is 0 Å². The Morgan fingerprint density at radius 1 is 1.19 bits per heavy atom. The van der Waals surface area contributed by atoms with Gasteiger partial charge in [0.25, 0.3) is 5.91 Å². The van der Waals surface area contributed by atoms with E-state index in [2.05, 4.69) is 20.7 Å². The summed E-state index contributed by atoms with van der Waals surface area (Å²) in [5.74, 6) is 0.430. The normalized spacial score (nSPS) is 20.5. The summed E-state index contributed by atoms with van der Waals surface area (Å²) in [4.78, 5) is 16.5. The maximum atomic E-state index is 13.6. The van der Waals surface area contributed by atoms with Crippen molar-refractivity contribution in [2.45, 2.75) is 70.1 Å². The molecule has 3 aromatic rings. The number of benzene rings is 1. The summed E-state index contributed by atoms with van der Waals surface area (Å²) < 4.78 is 42.3. The molecule has 0 radical (unpaired) electrons. The number of hydrogen-bond acceptors (Lipinski definition) is 4. The van der Waals surface area contributed by atoms with E-state index in [1.165, 1.54) is 0 Å². The minimum absolute atomic E-state index is 0.00310. The summed E-state index contributed by atoms with van der Waals surface area (Å²) in [5.41, 5.74) is 1.43. The average molecular weight is 520 g/mol. The molecule has 1 aromatic carbocycles. The first-order chi connectivity index (χ1) is 17.2. The number of fused-ring (bicyclic) bond motifs is 1. The lowest BCUT2D eigenvalue weighted by Crippen LogP contribution is -2.35. The molecule has 1 amide bonds. The summed E-state index contributed by atoms with van der Waals surface area (Å²) >= 11 is 6.09. The fourth-order valence-corrected chi connectivity index (χ4v) is 5.28. The van der Waals surface area contributed by atoms with Crippen molar-refractivity contribution < 1.29 is 18.0 Å². The van der Waals surface area contributed by atoms with Crippen molar-refractivity contribution in [3.8, 4) is 0 Å². The summed E-state index contributed by atoms with van der Waals surface area (Å²) in [6, 6.07) is 6.73. The molecular weight excluding hydrogens is 491 g/mol. The van der Waals surface area contributed by atoms with Gasteiger partial charge >= 0.3 is 6.18 Å². The highest BCUT2D eigenvalue weighted by Gasteiger charge is 2.34. The number of nitrogens with zero attached hydrogens (tertiary/aromatic N) is 3. The quantitative estimate of drug-likeness (QED) is 0.379. The second-order valence-electron chi connectivity index (χ2n) is 9.88. The van der Waals surface area contributed by atoms with Gasteiger partial charge in [0.15, 0.2) is 5.15 Å². The molecular formula is C26H29ClF3N5O. The Hall–Kier alpha value is -2.81. The van der Waals surface area contributed by atoms with Gasteiger partial charge in [-0.2, -0.15) is 18.3 Å². The van der Waals surface area contributed by atoms with Gasteiger partial charge in [-0.25, -0.2) is 4.98 Å². The van der Waals surface area contributed by atoms with Crippen molar-refractivity contribution >= 4 is 34.1 Å². The van der Waals surface area contributed by atoms with E-state index in [1.807, 2.05) is 19.1 Å². The second-order valence-corrected chi connectivity index (χ2v) is 10.2. The number of pyridine rings is 1. The maximum Gasteiger partial charge on any atom is 0.433 e. The van der Waals surface area contributed by atoms with Gasteiger partial charge in [-0.3, -0.25) is 9.48 Å². The lowest BCUT2D eigenvalue weighted by Gasteiger charge is -2.31. The Kier molecular flexibility index (Phi) is 6.85. The molecule has 2 aliphatic rings. The smallest absolute Gasteiger partial charge is 0.382 e.